The van der Waals surface area contributed by atoms with Crippen LogP contribution in [-0.4, -0.2) is 11.1 Å². The van der Waals surface area contributed by atoms with Crippen molar-refractivity contribution in [1.82, 2.24) is 0 Å². The Morgan fingerprint density at radius 2 is 1.67 bits per heavy atom. The molecule has 0 unspecified atom stereocenters. The highest BCUT2D eigenvalue weighted by molar-refractivity contribution is 5.84. The summed E-state index contributed by atoms with van der Waals surface area (Å²) in [4.78, 5) is 11.1. The summed E-state index contributed by atoms with van der Waals surface area (Å²) in [6.07, 6.45) is 11.0. The van der Waals surface area contributed by atoms with Crippen molar-refractivity contribution in [3.05, 3.63) is 42.2 Å². The van der Waals surface area contributed by atoms with Crippen LogP contribution in [0.1, 0.15) is 58.3 Å². The summed E-state index contributed by atoms with van der Waals surface area (Å²) in [6.45, 7) is 2.21. The number of carboxylic acids is 1. The maximum Gasteiger partial charge on any atom is 0.371 e. The van der Waals surface area contributed by atoms with Gasteiger partial charge in [-0.15, -0.1) is 0 Å². The Morgan fingerprint density at radius 1 is 1.05 bits per heavy atom. The first kappa shape index (κ1) is 17.3. The monoisotopic (exact) mass is 290 g/mol. The summed E-state index contributed by atoms with van der Waals surface area (Å²) in [5.41, 5.74) is 0. The molecule has 0 radical (unpaired) electrons. The number of unbranched alkanes of at least 4 members (excludes halogenated alkanes) is 7. The summed E-state index contributed by atoms with van der Waals surface area (Å²) < 4.78 is 5.40. The fraction of sp³-hybridized carbons (Fsp3) is 0.500. The molecule has 0 aliphatic heterocycles. The molecule has 0 saturated carbocycles. The minimum absolute atomic E-state index is 0.0205. The molecule has 0 spiro atoms. The number of para-hydroxylation sites is 1. The van der Waals surface area contributed by atoms with E-state index in [1.54, 1.807) is 18.2 Å². The fourth-order valence-electron chi connectivity index (χ4n) is 2.12. The number of hydrogen-bond donors (Lipinski definition) is 1. The largest absolute Gasteiger partial charge is 0.475 e. The van der Waals surface area contributed by atoms with E-state index < -0.39 is 5.97 Å². The second kappa shape index (κ2) is 11.0. The maximum absolute atomic E-state index is 11.1. The average molecular weight is 290 g/mol. The van der Waals surface area contributed by atoms with Crippen LogP contribution in [0.3, 0.4) is 0 Å². The van der Waals surface area contributed by atoms with Crippen LogP contribution >= 0.6 is 0 Å². The molecule has 0 heterocycles. The third-order valence-electron chi connectivity index (χ3n) is 3.32. The Kier molecular flexibility index (Phi) is 9.01. The summed E-state index contributed by atoms with van der Waals surface area (Å²) >= 11 is 0. The van der Waals surface area contributed by atoms with Crippen molar-refractivity contribution in [1.29, 1.82) is 0 Å². The Bertz CT molecular complexity index is 423. The Labute approximate surface area is 127 Å². The predicted octanol–water partition coefficient (Wildman–Crippen LogP) is 5.17. The standard InChI is InChI=1S/C18H26O3/c1-2-3-4-5-6-7-8-12-15-17(18(19)20)21-16-13-10-9-11-14-16/h9-11,13-15H,2-8,12H2,1H3,(H,19,20). The molecule has 0 aromatic heterocycles. The molecule has 0 fully saturated rings. The van der Waals surface area contributed by atoms with E-state index in [0.717, 1.165) is 19.3 Å². The van der Waals surface area contributed by atoms with Gasteiger partial charge in [0.25, 0.3) is 0 Å². The number of carboxylic acid groups (broad SMARTS) is 1. The lowest BCUT2D eigenvalue weighted by Crippen LogP contribution is -2.07. The van der Waals surface area contributed by atoms with Gasteiger partial charge in [-0.3, -0.25) is 0 Å². The number of carbonyl (C=O) groups is 1. The fourth-order valence-corrected chi connectivity index (χ4v) is 2.12. The summed E-state index contributed by atoms with van der Waals surface area (Å²) in [6, 6.07) is 9.03. The van der Waals surface area contributed by atoms with Crippen molar-refractivity contribution >= 4 is 5.97 Å². The van der Waals surface area contributed by atoms with Crippen molar-refractivity contribution in [2.75, 3.05) is 0 Å². The van der Waals surface area contributed by atoms with Crippen LogP contribution in [0.4, 0.5) is 0 Å². The molecule has 1 rings (SSSR count). The molecule has 0 atom stereocenters. The predicted molar refractivity (Wildman–Crippen MR) is 85.4 cm³/mol. The van der Waals surface area contributed by atoms with Crippen molar-refractivity contribution in [3.8, 4) is 5.75 Å². The smallest absolute Gasteiger partial charge is 0.371 e. The van der Waals surface area contributed by atoms with E-state index >= 15 is 0 Å². The number of rotatable bonds is 11. The lowest BCUT2D eigenvalue weighted by Gasteiger charge is -2.06. The lowest BCUT2D eigenvalue weighted by molar-refractivity contribution is -0.135. The highest BCUT2D eigenvalue weighted by Gasteiger charge is 2.09. The van der Waals surface area contributed by atoms with Gasteiger partial charge in [-0.25, -0.2) is 4.79 Å². The van der Waals surface area contributed by atoms with Gasteiger partial charge in [0, 0.05) is 0 Å². The number of ether oxygens (including phenoxy) is 1. The van der Waals surface area contributed by atoms with E-state index in [1.165, 1.54) is 32.1 Å². The highest BCUT2D eigenvalue weighted by Crippen LogP contribution is 2.15. The van der Waals surface area contributed by atoms with Crippen molar-refractivity contribution in [2.45, 2.75) is 58.3 Å². The molecule has 0 aliphatic carbocycles. The molecule has 116 valence electrons. The second-order valence-electron chi connectivity index (χ2n) is 5.20. The van der Waals surface area contributed by atoms with Gasteiger partial charge in [0.2, 0.25) is 5.76 Å². The maximum atomic E-state index is 11.1. The van der Waals surface area contributed by atoms with Gasteiger partial charge in [-0.2, -0.15) is 0 Å². The average Bonchev–Trinajstić information content (AvgIpc) is 2.49. The second-order valence-corrected chi connectivity index (χ2v) is 5.20. The van der Waals surface area contributed by atoms with Gasteiger partial charge in [-0.1, -0.05) is 63.6 Å². The molecule has 0 saturated heterocycles. The normalized spacial score (nSPS) is 11.4. The van der Waals surface area contributed by atoms with Crippen LogP contribution in [0.2, 0.25) is 0 Å². The zero-order chi connectivity index (χ0) is 15.3. The Balaban J connectivity index is 2.28. The third kappa shape index (κ3) is 8.18. The van der Waals surface area contributed by atoms with Crippen LogP contribution < -0.4 is 4.74 Å². The molecule has 3 heteroatoms. The number of benzene rings is 1. The Morgan fingerprint density at radius 3 is 2.29 bits per heavy atom. The first-order valence-electron chi connectivity index (χ1n) is 7.90. The first-order chi connectivity index (χ1) is 10.2. The molecule has 1 aromatic rings. The van der Waals surface area contributed by atoms with E-state index in [9.17, 15) is 4.79 Å². The van der Waals surface area contributed by atoms with Crippen molar-refractivity contribution in [3.63, 3.8) is 0 Å². The molecule has 1 aromatic carbocycles. The Hall–Kier alpha value is -1.77. The summed E-state index contributed by atoms with van der Waals surface area (Å²) in [7, 11) is 0. The minimum atomic E-state index is -1.01. The van der Waals surface area contributed by atoms with Gasteiger partial charge in [0.1, 0.15) is 5.75 Å². The van der Waals surface area contributed by atoms with Crippen molar-refractivity contribution < 1.29 is 14.6 Å². The van der Waals surface area contributed by atoms with Crippen molar-refractivity contribution in [2.24, 2.45) is 0 Å². The topological polar surface area (TPSA) is 46.5 Å². The number of aliphatic carboxylic acids is 1. The third-order valence-corrected chi connectivity index (χ3v) is 3.32. The first-order valence-corrected chi connectivity index (χ1v) is 7.90. The molecule has 0 bridgehead atoms. The van der Waals surface area contributed by atoms with Gasteiger partial charge in [0.05, 0.1) is 0 Å². The van der Waals surface area contributed by atoms with Crippen LogP contribution in [-0.2, 0) is 4.79 Å². The van der Waals surface area contributed by atoms with E-state index in [1.807, 2.05) is 18.2 Å². The van der Waals surface area contributed by atoms with Crippen LogP contribution in [0, 0.1) is 0 Å². The molecule has 0 amide bonds. The molecule has 21 heavy (non-hydrogen) atoms. The van der Waals surface area contributed by atoms with E-state index in [4.69, 9.17) is 9.84 Å². The summed E-state index contributed by atoms with van der Waals surface area (Å²) in [5, 5.41) is 9.14. The van der Waals surface area contributed by atoms with Gasteiger partial charge < -0.3 is 9.84 Å². The van der Waals surface area contributed by atoms with Gasteiger partial charge >= 0.3 is 5.97 Å². The SMILES string of the molecule is CCCCCCCCCC=C(Oc1ccccc1)C(=O)O. The van der Waals surface area contributed by atoms with E-state index in [-0.39, 0.29) is 5.76 Å². The van der Waals surface area contributed by atoms with Crippen LogP contribution in [0.5, 0.6) is 5.75 Å². The molecule has 3 nitrogen and oxygen atoms in total. The van der Waals surface area contributed by atoms with Gasteiger partial charge in [-0.05, 0) is 31.1 Å². The van der Waals surface area contributed by atoms with E-state index in [2.05, 4.69) is 6.92 Å². The molecule has 0 aliphatic rings. The summed E-state index contributed by atoms with van der Waals surface area (Å²) in [5.74, 6) is -0.431. The molecular formula is C18H26O3. The quantitative estimate of drug-likeness (QED) is 0.347. The molecule has 1 N–H and O–H groups in total. The van der Waals surface area contributed by atoms with Crippen LogP contribution in [0.25, 0.3) is 0 Å². The minimum Gasteiger partial charge on any atom is -0.475 e. The lowest BCUT2D eigenvalue weighted by atomic mass is 10.1. The zero-order valence-electron chi connectivity index (χ0n) is 12.9. The number of allylic oxidation sites excluding steroid dienone is 1. The van der Waals surface area contributed by atoms with Crippen LogP contribution in [0.15, 0.2) is 42.2 Å². The van der Waals surface area contributed by atoms with Gasteiger partial charge in [0.15, 0.2) is 0 Å². The molecular weight excluding hydrogens is 264 g/mol. The number of hydrogen-bond acceptors (Lipinski definition) is 2. The highest BCUT2D eigenvalue weighted by atomic mass is 16.5. The van der Waals surface area contributed by atoms with E-state index in [0.29, 0.717) is 5.75 Å². The zero-order valence-corrected chi connectivity index (χ0v) is 12.9.